The summed E-state index contributed by atoms with van der Waals surface area (Å²) in [6, 6.07) is 8.08. The van der Waals surface area contributed by atoms with Crippen LogP contribution >= 0.6 is 0 Å². The van der Waals surface area contributed by atoms with Crippen LogP contribution in [0, 0.1) is 5.92 Å². The summed E-state index contributed by atoms with van der Waals surface area (Å²) in [4.78, 5) is 14.5. The quantitative estimate of drug-likeness (QED) is 0.728. The van der Waals surface area contributed by atoms with E-state index in [-0.39, 0.29) is 5.78 Å². The molecule has 0 amide bonds. The van der Waals surface area contributed by atoms with E-state index < -0.39 is 0 Å². The van der Waals surface area contributed by atoms with E-state index in [0.29, 0.717) is 6.54 Å². The lowest BCUT2D eigenvalue weighted by Gasteiger charge is -2.15. The largest absolute Gasteiger partial charge is 0.296 e. The number of benzene rings is 1. The molecule has 1 fully saturated rings. The molecular formula is C17H25NO. The van der Waals surface area contributed by atoms with Crippen LogP contribution in [0.15, 0.2) is 24.3 Å². The molecule has 104 valence electrons. The van der Waals surface area contributed by atoms with E-state index in [1.807, 2.05) is 12.1 Å². The van der Waals surface area contributed by atoms with Crippen LogP contribution in [0.1, 0.15) is 49.0 Å². The molecule has 1 atom stereocenters. The van der Waals surface area contributed by atoms with Crippen molar-refractivity contribution in [3.05, 3.63) is 35.4 Å². The lowest BCUT2D eigenvalue weighted by Crippen LogP contribution is -2.27. The number of hydrogen-bond acceptors (Lipinski definition) is 2. The molecule has 1 unspecified atom stereocenters. The number of nitrogens with zero attached hydrogens (tertiary/aromatic N) is 1. The van der Waals surface area contributed by atoms with Gasteiger partial charge >= 0.3 is 0 Å². The molecule has 0 aromatic heterocycles. The molecule has 0 bridgehead atoms. The predicted molar refractivity (Wildman–Crippen MR) is 79.6 cm³/mol. The molecule has 0 radical (unpaired) electrons. The second-order valence-corrected chi connectivity index (χ2v) is 5.65. The van der Waals surface area contributed by atoms with Gasteiger partial charge in [0.15, 0.2) is 5.78 Å². The van der Waals surface area contributed by atoms with Gasteiger partial charge in [-0.15, -0.1) is 0 Å². The summed E-state index contributed by atoms with van der Waals surface area (Å²) in [5.41, 5.74) is 2.15. The van der Waals surface area contributed by atoms with E-state index in [9.17, 15) is 4.79 Å². The van der Waals surface area contributed by atoms with Crippen LogP contribution < -0.4 is 0 Å². The van der Waals surface area contributed by atoms with E-state index in [2.05, 4.69) is 30.9 Å². The Hall–Kier alpha value is -1.15. The van der Waals surface area contributed by atoms with E-state index >= 15 is 0 Å². The number of carbonyl (C=O) groups is 1. The molecule has 1 aromatic carbocycles. The lowest BCUT2D eigenvalue weighted by atomic mass is 10.0. The van der Waals surface area contributed by atoms with E-state index in [1.54, 1.807) is 0 Å². The third-order valence-electron chi connectivity index (χ3n) is 4.12. The highest BCUT2D eigenvalue weighted by Gasteiger charge is 2.23. The Morgan fingerprint density at radius 2 is 2.00 bits per heavy atom. The maximum atomic E-state index is 12.2. The Bertz CT molecular complexity index is 410. The average Bonchev–Trinajstić information content (AvgIpc) is 2.86. The minimum absolute atomic E-state index is 0.264. The summed E-state index contributed by atoms with van der Waals surface area (Å²) >= 11 is 0. The van der Waals surface area contributed by atoms with Gasteiger partial charge in [0.05, 0.1) is 6.54 Å². The molecular weight excluding hydrogens is 234 g/mol. The Kier molecular flexibility index (Phi) is 5.15. The summed E-state index contributed by atoms with van der Waals surface area (Å²) in [5, 5.41) is 0. The van der Waals surface area contributed by atoms with E-state index in [0.717, 1.165) is 31.0 Å². The van der Waals surface area contributed by atoms with Crippen molar-refractivity contribution in [2.75, 3.05) is 19.6 Å². The molecule has 0 aliphatic carbocycles. The molecule has 1 aliphatic heterocycles. The van der Waals surface area contributed by atoms with Gasteiger partial charge in [0.25, 0.3) is 0 Å². The fourth-order valence-corrected chi connectivity index (χ4v) is 2.92. The van der Waals surface area contributed by atoms with Gasteiger partial charge in [0, 0.05) is 12.1 Å². The number of ketones is 1. The molecule has 2 nitrogen and oxygen atoms in total. The standard InChI is InChI=1S/C17H25NO/c1-3-5-15-10-11-18(12-15)13-17(19)16-8-6-14(4-2)7-9-16/h6-9,15H,3-5,10-13H2,1-2H3. The van der Waals surface area contributed by atoms with Crippen molar-refractivity contribution in [2.45, 2.75) is 39.5 Å². The SMILES string of the molecule is CCCC1CCN(CC(=O)c2ccc(CC)cc2)C1. The molecule has 0 saturated carbocycles. The lowest BCUT2D eigenvalue weighted by molar-refractivity contribution is 0.0943. The normalized spacial score (nSPS) is 19.8. The first-order chi connectivity index (χ1) is 9.22. The van der Waals surface area contributed by atoms with Gasteiger partial charge in [0.1, 0.15) is 0 Å². The van der Waals surface area contributed by atoms with Crippen molar-refractivity contribution < 1.29 is 4.79 Å². The first-order valence-electron chi connectivity index (χ1n) is 7.57. The third-order valence-corrected chi connectivity index (χ3v) is 4.12. The van der Waals surface area contributed by atoms with Crippen LogP contribution in [0.25, 0.3) is 0 Å². The summed E-state index contributed by atoms with van der Waals surface area (Å²) in [6.45, 7) is 7.15. The zero-order valence-electron chi connectivity index (χ0n) is 12.2. The van der Waals surface area contributed by atoms with Crippen molar-refractivity contribution >= 4 is 5.78 Å². The van der Waals surface area contributed by atoms with Crippen molar-refractivity contribution in [1.29, 1.82) is 0 Å². The van der Waals surface area contributed by atoms with Crippen molar-refractivity contribution in [3.63, 3.8) is 0 Å². The van der Waals surface area contributed by atoms with E-state index in [4.69, 9.17) is 0 Å². The minimum atomic E-state index is 0.264. The van der Waals surface area contributed by atoms with Crippen LogP contribution in [0.4, 0.5) is 0 Å². The Labute approximate surface area is 116 Å². The highest BCUT2D eigenvalue weighted by molar-refractivity contribution is 5.97. The summed E-state index contributed by atoms with van der Waals surface area (Å²) < 4.78 is 0. The molecule has 1 heterocycles. The molecule has 0 spiro atoms. The Morgan fingerprint density at radius 1 is 1.26 bits per heavy atom. The molecule has 19 heavy (non-hydrogen) atoms. The second kappa shape index (κ2) is 6.85. The molecule has 0 N–H and O–H groups in total. The zero-order chi connectivity index (χ0) is 13.7. The summed E-state index contributed by atoms with van der Waals surface area (Å²) in [5.74, 6) is 1.07. The number of Topliss-reactive ketones (excluding diaryl/α,β-unsaturated/α-hetero) is 1. The smallest absolute Gasteiger partial charge is 0.176 e. The Morgan fingerprint density at radius 3 is 2.63 bits per heavy atom. The van der Waals surface area contributed by atoms with Crippen molar-refractivity contribution in [3.8, 4) is 0 Å². The van der Waals surface area contributed by atoms with Gasteiger partial charge in [-0.1, -0.05) is 44.5 Å². The highest BCUT2D eigenvalue weighted by Crippen LogP contribution is 2.21. The molecule has 2 heteroatoms. The number of carbonyl (C=O) groups excluding carboxylic acids is 1. The molecule has 1 aliphatic rings. The van der Waals surface area contributed by atoms with Gasteiger partial charge in [0.2, 0.25) is 0 Å². The van der Waals surface area contributed by atoms with Crippen LogP contribution in [0.5, 0.6) is 0 Å². The molecule has 2 rings (SSSR count). The van der Waals surface area contributed by atoms with Gasteiger partial charge in [-0.05, 0) is 37.3 Å². The third kappa shape index (κ3) is 3.90. The number of aryl methyl sites for hydroxylation is 1. The van der Waals surface area contributed by atoms with E-state index in [1.165, 1.54) is 24.8 Å². The molecule has 1 aromatic rings. The number of rotatable bonds is 6. The maximum Gasteiger partial charge on any atom is 0.176 e. The first-order valence-corrected chi connectivity index (χ1v) is 7.57. The Balaban J connectivity index is 1.87. The summed E-state index contributed by atoms with van der Waals surface area (Å²) in [7, 11) is 0. The van der Waals surface area contributed by atoms with Gasteiger partial charge in [-0.25, -0.2) is 0 Å². The minimum Gasteiger partial charge on any atom is -0.296 e. The number of hydrogen-bond donors (Lipinski definition) is 0. The monoisotopic (exact) mass is 259 g/mol. The highest BCUT2D eigenvalue weighted by atomic mass is 16.1. The van der Waals surface area contributed by atoms with Gasteiger partial charge in [-0.2, -0.15) is 0 Å². The fraction of sp³-hybridized carbons (Fsp3) is 0.588. The van der Waals surface area contributed by atoms with Crippen molar-refractivity contribution in [1.82, 2.24) is 4.90 Å². The second-order valence-electron chi connectivity index (χ2n) is 5.65. The van der Waals surface area contributed by atoms with Crippen LogP contribution in [-0.2, 0) is 6.42 Å². The first kappa shape index (κ1) is 14.3. The zero-order valence-corrected chi connectivity index (χ0v) is 12.2. The average molecular weight is 259 g/mol. The van der Waals surface area contributed by atoms with Crippen LogP contribution in [0.2, 0.25) is 0 Å². The van der Waals surface area contributed by atoms with Gasteiger partial charge < -0.3 is 0 Å². The van der Waals surface area contributed by atoms with Crippen LogP contribution in [-0.4, -0.2) is 30.3 Å². The van der Waals surface area contributed by atoms with Crippen molar-refractivity contribution in [2.24, 2.45) is 5.92 Å². The van der Waals surface area contributed by atoms with Gasteiger partial charge in [-0.3, -0.25) is 9.69 Å². The summed E-state index contributed by atoms with van der Waals surface area (Å²) in [6.07, 6.45) is 4.84. The topological polar surface area (TPSA) is 20.3 Å². The number of likely N-dealkylation sites (tertiary alicyclic amines) is 1. The fourth-order valence-electron chi connectivity index (χ4n) is 2.92. The van der Waals surface area contributed by atoms with Crippen LogP contribution in [0.3, 0.4) is 0 Å². The predicted octanol–water partition coefficient (Wildman–Crippen LogP) is 3.55. The molecule has 1 saturated heterocycles. The maximum absolute atomic E-state index is 12.2.